The number of ether oxygens (including phenoxy) is 2. The van der Waals surface area contributed by atoms with E-state index < -0.39 is 11.0 Å². The van der Waals surface area contributed by atoms with Crippen LogP contribution in [0.15, 0.2) is 36.4 Å². The number of alkyl halides is 1. The molecule has 1 aromatic rings. The summed E-state index contributed by atoms with van der Waals surface area (Å²) >= 11 is 2.35. The number of hydrogen-bond donors (Lipinski definition) is 0. The van der Waals surface area contributed by atoms with E-state index in [4.69, 9.17) is 9.47 Å². The number of esters is 1. The maximum Gasteiger partial charge on any atom is 0.315 e. The number of carbonyl (C=O) groups is 1. The van der Waals surface area contributed by atoms with Crippen molar-refractivity contribution < 1.29 is 14.3 Å². The lowest BCUT2D eigenvalue weighted by atomic mass is 9.69. The van der Waals surface area contributed by atoms with Gasteiger partial charge in [0.25, 0.3) is 0 Å². The van der Waals surface area contributed by atoms with Crippen LogP contribution in [0.1, 0.15) is 38.7 Å². The second kappa shape index (κ2) is 8.29. The maximum absolute atomic E-state index is 12.4. The molecule has 2 rings (SSSR count). The summed E-state index contributed by atoms with van der Waals surface area (Å²) in [4.78, 5) is 12.4. The Labute approximate surface area is 152 Å². The molecule has 1 aliphatic heterocycles. The zero-order valence-electron chi connectivity index (χ0n) is 13.9. The molecule has 4 heteroatoms. The van der Waals surface area contributed by atoms with E-state index in [0.29, 0.717) is 13.2 Å². The van der Waals surface area contributed by atoms with Crippen molar-refractivity contribution in [3.8, 4) is 0 Å². The molecule has 0 bridgehead atoms. The van der Waals surface area contributed by atoms with E-state index in [1.54, 1.807) is 0 Å². The van der Waals surface area contributed by atoms with Gasteiger partial charge in [-0.3, -0.25) is 4.79 Å². The van der Waals surface area contributed by atoms with Crippen molar-refractivity contribution in [2.75, 3.05) is 17.6 Å². The topological polar surface area (TPSA) is 35.5 Å². The highest BCUT2D eigenvalue weighted by molar-refractivity contribution is 14.1. The third-order valence-electron chi connectivity index (χ3n) is 4.69. The van der Waals surface area contributed by atoms with Gasteiger partial charge in [-0.15, -0.1) is 0 Å². The van der Waals surface area contributed by atoms with E-state index in [2.05, 4.69) is 34.7 Å². The number of cyclic esters (lactones) is 1. The van der Waals surface area contributed by atoms with Crippen LogP contribution in [0.4, 0.5) is 0 Å². The Morgan fingerprint density at radius 2 is 2.09 bits per heavy atom. The summed E-state index contributed by atoms with van der Waals surface area (Å²) in [5.74, 6) is -0.0978. The Morgan fingerprint density at radius 3 is 2.70 bits per heavy atom. The molecule has 1 atom stereocenters. The molecule has 1 fully saturated rings. The molecular weight excluding hydrogens is 403 g/mol. The van der Waals surface area contributed by atoms with Gasteiger partial charge in [0.05, 0.1) is 24.2 Å². The number of halogens is 1. The Kier molecular flexibility index (Phi) is 6.65. The highest BCUT2D eigenvalue weighted by atomic mass is 127. The molecule has 1 saturated heterocycles. The van der Waals surface area contributed by atoms with Crippen LogP contribution in [0.5, 0.6) is 0 Å². The van der Waals surface area contributed by atoms with Gasteiger partial charge in [0.15, 0.2) is 0 Å². The van der Waals surface area contributed by atoms with Crippen LogP contribution < -0.4 is 0 Å². The molecular formula is C19H25IO3. The van der Waals surface area contributed by atoms with Crippen LogP contribution in [-0.2, 0) is 14.3 Å². The van der Waals surface area contributed by atoms with E-state index in [-0.39, 0.29) is 5.97 Å². The molecule has 0 aromatic heterocycles. The Bertz CT molecular complexity index is 539. The van der Waals surface area contributed by atoms with Crippen LogP contribution in [0.2, 0.25) is 0 Å². The molecule has 0 saturated carbocycles. The summed E-state index contributed by atoms with van der Waals surface area (Å²) in [5.41, 5.74) is 0.0976. The smallest absolute Gasteiger partial charge is 0.315 e. The lowest BCUT2D eigenvalue weighted by molar-refractivity contribution is -0.165. The molecule has 0 spiro atoms. The van der Waals surface area contributed by atoms with Crippen LogP contribution in [0, 0.1) is 5.41 Å². The molecule has 23 heavy (non-hydrogen) atoms. The molecule has 3 nitrogen and oxygen atoms in total. The van der Waals surface area contributed by atoms with Crippen molar-refractivity contribution in [2.45, 2.75) is 38.7 Å². The van der Waals surface area contributed by atoms with Gasteiger partial charge in [0.2, 0.25) is 0 Å². The Balaban J connectivity index is 2.00. The monoisotopic (exact) mass is 428 g/mol. The average molecular weight is 428 g/mol. The van der Waals surface area contributed by atoms with Crippen LogP contribution in [-0.4, -0.2) is 29.2 Å². The van der Waals surface area contributed by atoms with Gasteiger partial charge in [0, 0.05) is 6.42 Å². The molecule has 1 unspecified atom stereocenters. The predicted molar refractivity (Wildman–Crippen MR) is 102 cm³/mol. The number of hydrogen-bond acceptors (Lipinski definition) is 3. The van der Waals surface area contributed by atoms with Crippen LogP contribution in [0.3, 0.4) is 0 Å². The minimum atomic E-state index is -0.534. The van der Waals surface area contributed by atoms with Gasteiger partial charge in [0.1, 0.15) is 0 Å². The van der Waals surface area contributed by atoms with Crippen LogP contribution >= 0.6 is 22.6 Å². The van der Waals surface area contributed by atoms with E-state index in [1.165, 1.54) is 0 Å². The van der Waals surface area contributed by atoms with Crippen molar-refractivity contribution in [2.24, 2.45) is 5.41 Å². The normalized spacial score (nSPS) is 21.8. The second-order valence-corrected chi connectivity index (χ2v) is 7.47. The van der Waals surface area contributed by atoms with Gasteiger partial charge in [-0.25, -0.2) is 0 Å². The molecule has 0 N–H and O–H groups in total. The zero-order chi connectivity index (χ0) is 16.8. The predicted octanol–water partition coefficient (Wildman–Crippen LogP) is 4.64. The summed E-state index contributed by atoms with van der Waals surface area (Å²) in [5, 5.41) is 0. The number of benzene rings is 1. The second-order valence-electron chi connectivity index (χ2n) is 6.39. The third-order valence-corrected chi connectivity index (χ3v) is 5.46. The summed E-state index contributed by atoms with van der Waals surface area (Å²) in [7, 11) is 0. The molecule has 1 aromatic carbocycles. The third kappa shape index (κ3) is 4.35. The van der Waals surface area contributed by atoms with Crippen molar-refractivity contribution in [1.82, 2.24) is 0 Å². The maximum atomic E-state index is 12.4. The number of rotatable bonds is 8. The fourth-order valence-electron chi connectivity index (χ4n) is 3.14. The average Bonchev–Trinajstić information content (AvgIpc) is 2.93. The van der Waals surface area contributed by atoms with Gasteiger partial charge < -0.3 is 9.47 Å². The quantitative estimate of drug-likeness (QED) is 0.344. The van der Waals surface area contributed by atoms with E-state index in [0.717, 1.165) is 29.3 Å². The first-order valence-corrected chi connectivity index (χ1v) is 9.63. The van der Waals surface area contributed by atoms with E-state index in [1.807, 2.05) is 44.2 Å². The van der Waals surface area contributed by atoms with Crippen molar-refractivity contribution in [3.05, 3.63) is 42.0 Å². The first-order chi connectivity index (χ1) is 11.0. The SMILES string of the molecule is CC(C)(OC/C=C/c1ccccc1)C1(CCCI)CCOC1=O. The van der Waals surface area contributed by atoms with Gasteiger partial charge in [-0.2, -0.15) is 0 Å². The highest BCUT2D eigenvalue weighted by Crippen LogP contribution is 2.46. The fourth-order valence-corrected chi connectivity index (χ4v) is 3.53. The van der Waals surface area contributed by atoms with Crippen molar-refractivity contribution in [1.29, 1.82) is 0 Å². The first-order valence-electron chi connectivity index (χ1n) is 8.11. The molecule has 126 valence electrons. The number of carbonyl (C=O) groups excluding carboxylic acids is 1. The minimum absolute atomic E-state index is 0.0978. The standard InChI is InChI=1S/C19H25IO3/c1-18(2,19(11-7-13-20)12-15-22-17(19)21)23-14-6-10-16-8-4-3-5-9-16/h3-6,8-10H,7,11-15H2,1-2H3/b10-6+. The van der Waals surface area contributed by atoms with Crippen molar-refractivity contribution >= 4 is 34.6 Å². The van der Waals surface area contributed by atoms with Gasteiger partial charge >= 0.3 is 5.97 Å². The Hall–Kier alpha value is -0.880. The lowest BCUT2D eigenvalue weighted by Crippen LogP contribution is -2.49. The lowest BCUT2D eigenvalue weighted by Gasteiger charge is -2.40. The summed E-state index contributed by atoms with van der Waals surface area (Å²) < 4.78 is 12.4. The molecule has 1 aliphatic rings. The molecule has 1 heterocycles. The summed E-state index contributed by atoms with van der Waals surface area (Å²) in [6.45, 7) is 5.03. The van der Waals surface area contributed by atoms with E-state index >= 15 is 0 Å². The highest BCUT2D eigenvalue weighted by Gasteiger charge is 2.55. The summed E-state index contributed by atoms with van der Waals surface area (Å²) in [6, 6.07) is 10.1. The van der Waals surface area contributed by atoms with Gasteiger partial charge in [-0.05, 0) is 36.7 Å². The summed E-state index contributed by atoms with van der Waals surface area (Å²) in [6.07, 6.45) is 6.62. The largest absolute Gasteiger partial charge is 0.465 e. The zero-order valence-corrected chi connectivity index (χ0v) is 16.0. The molecule has 0 aliphatic carbocycles. The molecule has 0 amide bonds. The minimum Gasteiger partial charge on any atom is -0.465 e. The van der Waals surface area contributed by atoms with E-state index in [9.17, 15) is 4.79 Å². The fraction of sp³-hybridized carbons (Fsp3) is 0.526. The van der Waals surface area contributed by atoms with Crippen molar-refractivity contribution in [3.63, 3.8) is 0 Å². The Morgan fingerprint density at radius 1 is 1.35 bits per heavy atom. The first kappa shape index (κ1) is 18.5. The van der Waals surface area contributed by atoms with Gasteiger partial charge in [-0.1, -0.05) is 65.1 Å². The van der Waals surface area contributed by atoms with Crippen LogP contribution in [0.25, 0.3) is 6.08 Å². The molecule has 0 radical (unpaired) electrons.